The number of carbonyl (C=O) groups is 1. The minimum absolute atomic E-state index is 0.121. The molecule has 0 aliphatic carbocycles. The van der Waals surface area contributed by atoms with Gasteiger partial charge in [0.1, 0.15) is 23.7 Å². The molecular weight excluding hydrogens is 272 g/mol. The molecule has 0 fully saturated rings. The number of benzene rings is 1. The van der Waals surface area contributed by atoms with Crippen LogP contribution in [0.1, 0.15) is 16.1 Å². The van der Waals surface area contributed by atoms with Gasteiger partial charge in [-0.3, -0.25) is 0 Å². The zero-order chi connectivity index (χ0) is 14.8. The van der Waals surface area contributed by atoms with Crippen molar-refractivity contribution >= 4 is 11.6 Å². The number of phenolic OH excluding ortho intramolecular Hbond substituents is 1. The molecule has 3 aromatic rings. The quantitative estimate of drug-likeness (QED) is 0.768. The normalized spacial score (nSPS) is 10.7. The number of aromatic nitrogens is 2. The van der Waals surface area contributed by atoms with E-state index in [0.29, 0.717) is 17.1 Å². The van der Waals surface area contributed by atoms with E-state index in [1.807, 2.05) is 0 Å². The third-order valence-electron chi connectivity index (χ3n) is 2.97. The highest BCUT2D eigenvalue weighted by molar-refractivity contribution is 5.94. The lowest BCUT2D eigenvalue weighted by atomic mass is 10.3. The SMILES string of the molecule is O=C(O)c1cccn2cc(COc3cccc(O)c3)nc12. The summed E-state index contributed by atoms with van der Waals surface area (Å²) in [5.74, 6) is -0.382. The van der Waals surface area contributed by atoms with E-state index in [2.05, 4.69) is 4.98 Å². The van der Waals surface area contributed by atoms with Crippen LogP contribution in [-0.4, -0.2) is 25.6 Å². The molecule has 0 radical (unpaired) electrons. The Kier molecular flexibility index (Phi) is 3.19. The molecule has 2 N–H and O–H groups in total. The van der Waals surface area contributed by atoms with Gasteiger partial charge in [0.05, 0.1) is 5.69 Å². The lowest BCUT2D eigenvalue weighted by molar-refractivity contribution is 0.0698. The highest BCUT2D eigenvalue weighted by atomic mass is 16.5. The monoisotopic (exact) mass is 284 g/mol. The number of aromatic hydroxyl groups is 1. The molecule has 21 heavy (non-hydrogen) atoms. The van der Waals surface area contributed by atoms with E-state index in [4.69, 9.17) is 9.84 Å². The average Bonchev–Trinajstić information content (AvgIpc) is 2.87. The summed E-state index contributed by atoms with van der Waals surface area (Å²) < 4.78 is 7.16. The maximum Gasteiger partial charge on any atom is 0.339 e. The lowest BCUT2D eigenvalue weighted by Crippen LogP contribution is -2.00. The van der Waals surface area contributed by atoms with E-state index in [1.54, 1.807) is 41.1 Å². The van der Waals surface area contributed by atoms with Crippen LogP contribution in [0.5, 0.6) is 11.5 Å². The molecule has 0 atom stereocenters. The van der Waals surface area contributed by atoms with Gasteiger partial charge in [0.25, 0.3) is 0 Å². The number of carboxylic acids is 1. The Morgan fingerprint density at radius 2 is 2.14 bits per heavy atom. The van der Waals surface area contributed by atoms with Gasteiger partial charge in [0.2, 0.25) is 0 Å². The molecule has 0 aliphatic heterocycles. The first-order valence-electron chi connectivity index (χ1n) is 6.25. The van der Waals surface area contributed by atoms with Crippen LogP contribution in [0.4, 0.5) is 0 Å². The van der Waals surface area contributed by atoms with Crippen molar-refractivity contribution in [1.82, 2.24) is 9.38 Å². The van der Waals surface area contributed by atoms with Crippen LogP contribution in [0.15, 0.2) is 48.8 Å². The number of ether oxygens (including phenoxy) is 1. The van der Waals surface area contributed by atoms with E-state index >= 15 is 0 Å². The first-order valence-corrected chi connectivity index (χ1v) is 6.25. The molecule has 2 aromatic heterocycles. The molecular formula is C15H12N2O4. The van der Waals surface area contributed by atoms with E-state index in [9.17, 15) is 9.90 Å². The first-order chi connectivity index (χ1) is 10.1. The lowest BCUT2D eigenvalue weighted by Gasteiger charge is -2.03. The summed E-state index contributed by atoms with van der Waals surface area (Å²) in [6, 6.07) is 9.60. The minimum atomic E-state index is -1.02. The highest BCUT2D eigenvalue weighted by Crippen LogP contribution is 2.19. The first kappa shape index (κ1) is 13.0. The van der Waals surface area contributed by atoms with Crippen molar-refractivity contribution in [3.63, 3.8) is 0 Å². The molecule has 6 heteroatoms. The molecule has 106 valence electrons. The van der Waals surface area contributed by atoms with Gasteiger partial charge in [-0.1, -0.05) is 6.07 Å². The van der Waals surface area contributed by atoms with Crippen LogP contribution in [-0.2, 0) is 6.61 Å². The predicted octanol–water partition coefficient (Wildman–Crippen LogP) is 2.32. The van der Waals surface area contributed by atoms with Crippen molar-refractivity contribution in [3.8, 4) is 11.5 Å². The molecule has 0 amide bonds. The molecule has 6 nitrogen and oxygen atoms in total. The van der Waals surface area contributed by atoms with E-state index < -0.39 is 5.97 Å². The fraction of sp³-hybridized carbons (Fsp3) is 0.0667. The summed E-state index contributed by atoms with van der Waals surface area (Å²) in [6.07, 6.45) is 3.44. The number of rotatable bonds is 4. The van der Waals surface area contributed by atoms with Crippen LogP contribution in [0.3, 0.4) is 0 Å². The van der Waals surface area contributed by atoms with Crippen molar-refractivity contribution in [1.29, 1.82) is 0 Å². The summed E-state index contributed by atoms with van der Waals surface area (Å²) in [5.41, 5.74) is 1.12. The van der Waals surface area contributed by atoms with Crippen molar-refractivity contribution < 1.29 is 19.7 Å². The van der Waals surface area contributed by atoms with E-state index in [-0.39, 0.29) is 17.9 Å². The summed E-state index contributed by atoms with van der Waals surface area (Å²) in [5, 5.41) is 18.5. The third-order valence-corrected chi connectivity index (χ3v) is 2.97. The number of pyridine rings is 1. The van der Waals surface area contributed by atoms with Crippen LogP contribution < -0.4 is 4.74 Å². The smallest absolute Gasteiger partial charge is 0.339 e. The standard InChI is InChI=1S/C15H12N2O4/c18-11-3-1-4-12(7-11)21-9-10-8-17-6-2-5-13(15(19)20)14(17)16-10/h1-8,18H,9H2,(H,19,20). The molecule has 0 saturated heterocycles. The van der Waals surface area contributed by atoms with Crippen molar-refractivity contribution in [3.05, 3.63) is 60.0 Å². The van der Waals surface area contributed by atoms with Crippen LogP contribution in [0.2, 0.25) is 0 Å². The number of carboxylic acid groups (broad SMARTS) is 1. The zero-order valence-corrected chi connectivity index (χ0v) is 10.9. The Morgan fingerprint density at radius 1 is 1.29 bits per heavy atom. The van der Waals surface area contributed by atoms with Gasteiger partial charge in [-0.2, -0.15) is 0 Å². The van der Waals surface area contributed by atoms with E-state index in [0.717, 1.165) is 0 Å². The number of phenols is 1. The minimum Gasteiger partial charge on any atom is -0.508 e. The zero-order valence-electron chi connectivity index (χ0n) is 10.9. The molecule has 0 aliphatic rings. The van der Waals surface area contributed by atoms with Crippen molar-refractivity contribution in [2.75, 3.05) is 0 Å². The topological polar surface area (TPSA) is 84.1 Å². The second-order valence-electron chi connectivity index (χ2n) is 4.48. The maximum atomic E-state index is 11.1. The summed E-state index contributed by atoms with van der Waals surface area (Å²) >= 11 is 0. The average molecular weight is 284 g/mol. The van der Waals surface area contributed by atoms with Gasteiger partial charge < -0.3 is 19.4 Å². The predicted molar refractivity (Wildman–Crippen MR) is 74.6 cm³/mol. The Bertz CT molecular complexity index is 810. The van der Waals surface area contributed by atoms with Gasteiger partial charge in [0.15, 0.2) is 5.65 Å². The molecule has 2 heterocycles. The Morgan fingerprint density at radius 3 is 2.90 bits per heavy atom. The number of imidazole rings is 1. The second kappa shape index (κ2) is 5.16. The molecule has 0 spiro atoms. The molecule has 0 saturated carbocycles. The number of fused-ring (bicyclic) bond motifs is 1. The van der Waals surface area contributed by atoms with E-state index in [1.165, 1.54) is 12.1 Å². The Hall–Kier alpha value is -3.02. The third kappa shape index (κ3) is 2.64. The Balaban J connectivity index is 1.85. The second-order valence-corrected chi connectivity index (χ2v) is 4.48. The van der Waals surface area contributed by atoms with Gasteiger partial charge in [-0.25, -0.2) is 9.78 Å². The van der Waals surface area contributed by atoms with Gasteiger partial charge in [0, 0.05) is 18.5 Å². The summed E-state index contributed by atoms with van der Waals surface area (Å²) in [6.45, 7) is 0.185. The molecule has 0 unspecified atom stereocenters. The van der Waals surface area contributed by atoms with Gasteiger partial charge in [-0.05, 0) is 24.3 Å². The number of hydrogen-bond donors (Lipinski definition) is 2. The maximum absolute atomic E-state index is 11.1. The van der Waals surface area contributed by atoms with Crippen LogP contribution >= 0.6 is 0 Å². The number of hydrogen-bond acceptors (Lipinski definition) is 4. The molecule has 0 bridgehead atoms. The van der Waals surface area contributed by atoms with Crippen LogP contribution in [0, 0.1) is 0 Å². The fourth-order valence-electron chi connectivity index (χ4n) is 2.03. The van der Waals surface area contributed by atoms with Crippen molar-refractivity contribution in [2.45, 2.75) is 6.61 Å². The van der Waals surface area contributed by atoms with Crippen molar-refractivity contribution in [2.24, 2.45) is 0 Å². The van der Waals surface area contributed by atoms with Crippen LogP contribution in [0.25, 0.3) is 5.65 Å². The molecule has 3 rings (SSSR count). The molecule has 1 aromatic carbocycles. The summed E-state index contributed by atoms with van der Waals surface area (Å²) in [7, 11) is 0. The summed E-state index contributed by atoms with van der Waals surface area (Å²) in [4.78, 5) is 15.4. The number of nitrogens with zero attached hydrogens (tertiary/aromatic N) is 2. The fourth-order valence-corrected chi connectivity index (χ4v) is 2.03. The van der Waals surface area contributed by atoms with Gasteiger partial charge >= 0.3 is 5.97 Å². The highest BCUT2D eigenvalue weighted by Gasteiger charge is 2.11. The Labute approximate surface area is 119 Å². The largest absolute Gasteiger partial charge is 0.508 e. The van der Waals surface area contributed by atoms with Gasteiger partial charge in [-0.15, -0.1) is 0 Å². The number of aromatic carboxylic acids is 1.